The number of carboxylic acid groups (broad SMARTS) is 1. The molecule has 0 aromatic heterocycles. The Morgan fingerprint density at radius 2 is 2.11 bits per heavy atom. The predicted molar refractivity (Wildman–Crippen MR) is 69.8 cm³/mol. The largest absolute Gasteiger partial charge is 0.481 e. The van der Waals surface area contributed by atoms with Crippen LogP contribution < -0.4 is 4.72 Å². The van der Waals surface area contributed by atoms with E-state index >= 15 is 0 Å². The summed E-state index contributed by atoms with van der Waals surface area (Å²) in [6.07, 6.45) is 5.44. The molecule has 1 atom stereocenters. The van der Waals surface area contributed by atoms with Crippen LogP contribution in [0.15, 0.2) is 0 Å². The fourth-order valence-electron chi connectivity index (χ4n) is 2.09. The molecule has 0 spiro atoms. The Balaban J connectivity index is 2.19. The molecule has 0 aromatic rings. The third kappa shape index (κ3) is 6.35. The van der Waals surface area contributed by atoms with Crippen molar-refractivity contribution in [3.8, 4) is 0 Å². The highest BCUT2D eigenvalue weighted by molar-refractivity contribution is 7.89. The summed E-state index contributed by atoms with van der Waals surface area (Å²) in [5.41, 5.74) is 0. The quantitative estimate of drug-likeness (QED) is 0.672. The Hall–Kier alpha value is -0.620. The maximum Gasteiger partial charge on any atom is 0.303 e. The number of sulfonamides is 1. The van der Waals surface area contributed by atoms with Gasteiger partial charge in [-0.25, -0.2) is 13.1 Å². The number of aliphatic carboxylic acids is 1. The van der Waals surface area contributed by atoms with Gasteiger partial charge >= 0.3 is 5.97 Å². The number of carbonyl (C=O) groups is 1. The van der Waals surface area contributed by atoms with Crippen molar-refractivity contribution >= 4 is 16.0 Å². The zero-order valence-corrected chi connectivity index (χ0v) is 11.7. The fraction of sp³-hybridized carbons (Fsp3) is 0.917. The number of rotatable bonds is 9. The van der Waals surface area contributed by atoms with Crippen LogP contribution in [-0.2, 0) is 14.8 Å². The summed E-state index contributed by atoms with van der Waals surface area (Å²) in [5, 5.41) is 8.50. The van der Waals surface area contributed by atoms with Crippen LogP contribution in [0.25, 0.3) is 0 Å². The molecule has 1 unspecified atom stereocenters. The number of carboxylic acids is 1. The summed E-state index contributed by atoms with van der Waals surface area (Å²) in [6.45, 7) is 1.78. The Morgan fingerprint density at radius 3 is 2.61 bits per heavy atom. The molecule has 0 aliphatic heterocycles. The minimum atomic E-state index is -3.20. The van der Waals surface area contributed by atoms with Gasteiger partial charge in [0.15, 0.2) is 0 Å². The molecule has 106 valence electrons. The van der Waals surface area contributed by atoms with E-state index in [1.165, 1.54) is 6.42 Å². The summed E-state index contributed by atoms with van der Waals surface area (Å²) in [4.78, 5) is 10.3. The van der Waals surface area contributed by atoms with E-state index in [0.29, 0.717) is 18.8 Å². The summed E-state index contributed by atoms with van der Waals surface area (Å²) >= 11 is 0. The van der Waals surface area contributed by atoms with Gasteiger partial charge in [-0.3, -0.25) is 4.79 Å². The maximum absolute atomic E-state index is 11.8. The van der Waals surface area contributed by atoms with Gasteiger partial charge in [0, 0.05) is 12.5 Å². The number of hydrogen-bond acceptors (Lipinski definition) is 3. The van der Waals surface area contributed by atoms with Crippen molar-refractivity contribution in [2.24, 2.45) is 5.92 Å². The van der Waals surface area contributed by atoms with Gasteiger partial charge in [0.1, 0.15) is 0 Å². The van der Waals surface area contributed by atoms with Crippen molar-refractivity contribution in [3.05, 3.63) is 0 Å². The van der Waals surface area contributed by atoms with E-state index in [1.807, 2.05) is 0 Å². The first-order valence-electron chi connectivity index (χ1n) is 6.61. The first-order chi connectivity index (χ1) is 8.39. The van der Waals surface area contributed by atoms with Gasteiger partial charge in [0.25, 0.3) is 0 Å². The minimum absolute atomic E-state index is 0.0914. The average molecular weight is 277 g/mol. The van der Waals surface area contributed by atoms with E-state index in [4.69, 9.17) is 5.11 Å². The Morgan fingerprint density at radius 1 is 1.44 bits per heavy atom. The van der Waals surface area contributed by atoms with Crippen LogP contribution in [-0.4, -0.2) is 31.3 Å². The molecular formula is C12H23NO4S. The molecule has 0 amide bonds. The number of nitrogens with one attached hydrogen (secondary N) is 1. The van der Waals surface area contributed by atoms with Gasteiger partial charge in [-0.15, -0.1) is 0 Å². The zero-order valence-electron chi connectivity index (χ0n) is 10.9. The second-order valence-electron chi connectivity index (χ2n) is 5.21. The molecule has 0 saturated heterocycles. The van der Waals surface area contributed by atoms with Crippen LogP contribution in [0.3, 0.4) is 0 Å². The molecule has 1 aliphatic carbocycles. The van der Waals surface area contributed by atoms with Gasteiger partial charge in [0.2, 0.25) is 10.0 Å². The third-order valence-electron chi connectivity index (χ3n) is 3.43. The van der Waals surface area contributed by atoms with Crippen LogP contribution in [0.2, 0.25) is 0 Å². The fourth-order valence-corrected chi connectivity index (χ4v) is 3.58. The van der Waals surface area contributed by atoms with Gasteiger partial charge < -0.3 is 5.11 Å². The smallest absolute Gasteiger partial charge is 0.303 e. The normalized spacial score (nSPS) is 18.3. The first-order valence-corrected chi connectivity index (χ1v) is 8.26. The summed E-state index contributed by atoms with van der Waals surface area (Å²) < 4.78 is 26.1. The standard InChI is InChI=1S/C12H23NO4S/c1-10(4-2-7-12(14)15)13-18(16,17)9-8-11-5-3-6-11/h10-11,13H,2-9H2,1H3,(H,14,15). The lowest BCUT2D eigenvalue weighted by Gasteiger charge is -2.25. The lowest BCUT2D eigenvalue weighted by Crippen LogP contribution is -2.35. The lowest BCUT2D eigenvalue weighted by molar-refractivity contribution is -0.137. The van der Waals surface area contributed by atoms with E-state index in [-0.39, 0.29) is 18.2 Å². The van der Waals surface area contributed by atoms with Crippen molar-refractivity contribution in [3.63, 3.8) is 0 Å². The molecule has 1 saturated carbocycles. The molecule has 18 heavy (non-hydrogen) atoms. The molecule has 1 fully saturated rings. The number of hydrogen-bond donors (Lipinski definition) is 2. The molecule has 1 aliphatic rings. The summed E-state index contributed by atoms with van der Waals surface area (Å²) in [7, 11) is -3.20. The van der Waals surface area contributed by atoms with Crippen LogP contribution in [0.1, 0.15) is 51.9 Å². The van der Waals surface area contributed by atoms with Crippen LogP contribution in [0, 0.1) is 5.92 Å². The van der Waals surface area contributed by atoms with Crippen molar-refractivity contribution in [1.29, 1.82) is 0 Å². The van der Waals surface area contributed by atoms with Crippen LogP contribution in [0.4, 0.5) is 0 Å². The Labute approximate surface area is 109 Å². The molecule has 0 bridgehead atoms. The Bertz CT molecular complexity index is 362. The Kier molecular flexibility index (Phi) is 6.08. The predicted octanol–water partition coefficient (Wildman–Crippen LogP) is 1.74. The van der Waals surface area contributed by atoms with E-state index < -0.39 is 16.0 Å². The first kappa shape index (κ1) is 15.4. The second-order valence-corrected chi connectivity index (χ2v) is 7.08. The van der Waals surface area contributed by atoms with Crippen LogP contribution >= 0.6 is 0 Å². The zero-order chi connectivity index (χ0) is 13.6. The van der Waals surface area contributed by atoms with E-state index in [1.54, 1.807) is 6.92 Å². The van der Waals surface area contributed by atoms with Gasteiger partial charge in [-0.1, -0.05) is 19.3 Å². The lowest BCUT2D eigenvalue weighted by atomic mass is 9.84. The van der Waals surface area contributed by atoms with E-state index in [2.05, 4.69) is 4.72 Å². The van der Waals surface area contributed by atoms with E-state index in [0.717, 1.165) is 19.3 Å². The van der Waals surface area contributed by atoms with E-state index in [9.17, 15) is 13.2 Å². The molecule has 1 rings (SSSR count). The summed E-state index contributed by atoms with van der Waals surface area (Å²) in [6, 6.07) is -0.184. The highest BCUT2D eigenvalue weighted by Gasteiger charge is 2.21. The molecular weight excluding hydrogens is 254 g/mol. The van der Waals surface area contributed by atoms with Gasteiger partial charge in [0.05, 0.1) is 5.75 Å². The van der Waals surface area contributed by atoms with Crippen molar-refractivity contribution < 1.29 is 18.3 Å². The molecule has 0 aromatic carbocycles. The highest BCUT2D eigenvalue weighted by Crippen LogP contribution is 2.29. The average Bonchev–Trinajstić information content (AvgIpc) is 2.12. The molecule has 0 radical (unpaired) electrons. The second kappa shape index (κ2) is 7.09. The van der Waals surface area contributed by atoms with Gasteiger partial charge in [-0.2, -0.15) is 0 Å². The molecule has 0 heterocycles. The summed E-state index contributed by atoms with van der Waals surface area (Å²) in [5.74, 6) is -0.0556. The van der Waals surface area contributed by atoms with Crippen molar-refractivity contribution in [2.45, 2.75) is 57.9 Å². The molecule has 6 heteroatoms. The SMILES string of the molecule is CC(CCCC(=O)O)NS(=O)(=O)CCC1CCC1. The minimum Gasteiger partial charge on any atom is -0.481 e. The van der Waals surface area contributed by atoms with Crippen molar-refractivity contribution in [2.75, 3.05) is 5.75 Å². The van der Waals surface area contributed by atoms with Crippen LogP contribution in [0.5, 0.6) is 0 Å². The maximum atomic E-state index is 11.8. The molecule has 2 N–H and O–H groups in total. The van der Waals surface area contributed by atoms with Gasteiger partial charge in [-0.05, 0) is 32.1 Å². The monoisotopic (exact) mass is 277 g/mol. The van der Waals surface area contributed by atoms with Crippen molar-refractivity contribution in [1.82, 2.24) is 4.72 Å². The highest BCUT2D eigenvalue weighted by atomic mass is 32.2. The third-order valence-corrected chi connectivity index (χ3v) is 4.96. The molecule has 5 nitrogen and oxygen atoms in total. The topological polar surface area (TPSA) is 83.5 Å².